The maximum Gasteiger partial charge on any atom is 0.246 e. The van der Waals surface area contributed by atoms with Crippen molar-refractivity contribution in [1.82, 2.24) is 10.2 Å². The molecule has 4 heteroatoms. The van der Waals surface area contributed by atoms with Gasteiger partial charge in [-0.3, -0.25) is 9.59 Å². The molecule has 1 aromatic rings. The summed E-state index contributed by atoms with van der Waals surface area (Å²) >= 11 is 0. The van der Waals surface area contributed by atoms with Gasteiger partial charge in [0.15, 0.2) is 0 Å². The highest BCUT2D eigenvalue weighted by atomic mass is 16.2. The Labute approximate surface area is 125 Å². The van der Waals surface area contributed by atoms with Crippen LogP contribution in [0.2, 0.25) is 0 Å². The molecule has 2 aliphatic rings. The number of carbonyl (C=O) groups excluding carboxylic acids is 2. The zero-order chi connectivity index (χ0) is 15.0. The first-order valence-corrected chi connectivity index (χ1v) is 7.76. The summed E-state index contributed by atoms with van der Waals surface area (Å²) in [6.45, 7) is 4.51. The van der Waals surface area contributed by atoms with Gasteiger partial charge in [0.05, 0.1) is 0 Å². The summed E-state index contributed by atoms with van der Waals surface area (Å²) < 4.78 is 0. The van der Waals surface area contributed by atoms with Crippen LogP contribution in [0.5, 0.6) is 0 Å². The number of nitrogens with one attached hydrogen (secondary N) is 1. The maximum absolute atomic E-state index is 12.6. The van der Waals surface area contributed by atoms with E-state index in [-0.39, 0.29) is 23.9 Å². The fourth-order valence-corrected chi connectivity index (χ4v) is 3.14. The van der Waals surface area contributed by atoms with Crippen LogP contribution < -0.4 is 5.32 Å². The second kappa shape index (κ2) is 5.51. The third-order valence-corrected chi connectivity index (χ3v) is 4.41. The minimum Gasteiger partial charge on any atom is -0.343 e. The van der Waals surface area contributed by atoms with E-state index in [9.17, 15) is 9.59 Å². The molecule has 1 N–H and O–H groups in total. The summed E-state index contributed by atoms with van der Waals surface area (Å²) in [7, 11) is 0. The number of aryl methyl sites for hydroxylation is 1. The lowest BCUT2D eigenvalue weighted by Gasteiger charge is -2.39. The molecule has 21 heavy (non-hydrogen) atoms. The summed E-state index contributed by atoms with van der Waals surface area (Å²) in [5, 5.41) is 2.88. The topological polar surface area (TPSA) is 49.4 Å². The lowest BCUT2D eigenvalue weighted by molar-refractivity contribution is -0.151. The number of rotatable bonds is 4. The van der Waals surface area contributed by atoms with Crippen molar-refractivity contribution in [2.45, 2.75) is 51.7 Å². The molecular formula is C17H22N2O2. The normalized spacial score (nSPS) is 25.9. The average molecular weight is 286 g/mol. The summed E-state index contributed by atoms with van der Waals surface area (Å²) in [5.74, 6) is 0.434. The van der Waals surface area contributed by atoms with Crippen LogP contribution in [0.15, 0.2) is 24.3 Å². The SMILES string of the molecule is CCC1NC(=O)C(C2CC2)N(Cc2cccc(C)c2)C1=O. The summed E-state index contributed by atoms with van der Waals surface area (Å²) in [6, 6.07) is 7.52. The van der Waals surface area contributed by atoms with Crippen LogP contribution in [-0.2, 0) is 16.1 Å². The highest BCUT2D eigenvalue weighted by Gasteiger charge is 2.47. The van der Waals surface area contributed by atoms with Crippen LogP contribution in [0.4, 0.5) is 0 Å². The number of piperazine rings is 1. The van der Waals surface area contributed by atoms with E-state index < -0.39 is 0 Å². The fraction of sp³-hybridized carbons (Fsp3) is 0.529. The summed E-state index contributed by atoms with van der Waals surface area (Å²) in [4.78, 5) is 26.8. The molecule has 1 heterocycles. The van der Waals surface area contributed by atoms with Crippen LogP contribution in [0, 0.1) is 12.8 Å². The second-order valence-corrected chi connectivity index (χ2v) is 6.21. The second-order valence-electron chi connectivity index (χ2n) is 6.21. The first kappa shape index (κ1) is 14.1. The lowest BCUT2D eigenvalue weighted by atomic mass is 10.0. The van der Waals surface area contributed by atoms with Gasteiger partial charge >= 0.3 is 0 Å². The van der Waals surface area contributed by atoms with Crippen molar-refractivity contribution in [2.24, 2.45) is 5.92 Å². The van der Waals surface area contributed by atoms with Crippen molar-refractivity contribution in [3.05, 3.63) is 35.4 Å². The first-order chi connectivity index (χ1) is 10.1. The molecule has 1 saturated carbocycles. The molecule has 1 aromatic carbocycles. The third-order valence-electron chi connectivity index (χ3n) is 4.41. The number of amides is 2. The largest absolute Gasteiger partial charge is 0.343 e. The molecule has 1 saturated heterocycles. The fourth-order valence-electron chi connectivity index (χ4n) is 3.14. The molecule has 1 aliphatic heterocycles. The number of hydrogen-bond acceptors (Lipinski definition) is 2. The van der Waals surface area contributed by atoms with Crippen molar-refractivity contribution in [3.8, 4) is 0 Å². The van der Waals surface area contributed by atoms with Gasteiger partial charge in [-0.05, 0) is 37.7 Å². The lowest BCUT2D eigenvalue weighted by Crippen LogP contribution is -2.63. The molecule has 1 aliphatic carbocycles. The van der Waals surface area contributed by atoms with Gasteiger partial charge in [-0.15, -0.1) is 0 Å². The van der Waals surface area contributed by atoms with Crippen LogP contribution in [-0.4, -0.2) is 28.8 Å². The van der Waals surface area contributed by atoms with E-state index in [4.69, 9.17) is 0 Å². The summed E-state index contributed by atoms with van der Waals surface area (Å²) in [5.41, 5.74) is 2.27. The Hall–Kier alpha value is -1.84. The molecule has 0 radical (unpaired) electrons. The van der Waals surface area contributed by atoms with Gasteiger partial charge in [-0.25, -0.2) is 0 Å². The van der Waals surface area contributed by atoms with Crippen molar-refractivity contribution in [2.75, 3.05) is 0 Å². The van der Waals surface area contributed by atoms with Crippen LogP contribution in [0.3, 0.4) is 0 Å². The predicted molar refractivity (Wildman–Crippen MR) is 80.5 cm³/mol. The molecule has 2 atom stereocenters. The van der Waals surface area contributed by atoms with Gasteiger partial charge in [0.2, 0.25) is 11.8 Å². The van der Waals surface area contributed by atoms with Gasteiger partial charge in [0, 0.05) is 6.54 Å². The van der Waals surface area contributed by atoms with Crippen LogP contribution in [0.1, 0.15) is 37.3 Å². The van der Waals surface area contributed by atoms with Crippen molar-refractivity contribution >= 4 is 11.8 Å². The molecule has 0 aromatic heterocycles. The van der Waals surface area contributed by atoms with E-state index in [1.54, 1.807) is 4.90 Å². The Morgan fingerprint density at radius 3 is 2.67 bits per heavy atom. The molecule has 2 amide bonds. The Morgan fingerprint density at radius 2 is 2.05 bits per heavy atom. The van der Waals surface area contributed by atoms with E-state index in [0.29, 0.717) is 18.9 Å². The van der Waals surface area contributed by atoms with Gasteiger partial charge < -0.3 is 10.2 Å². The smallest absolute Gasteiger partial charge is 0.246 e. The molecule has 2 fully saturated rings. The Morgan fingerprint density at radius 1 is 1.29 bits per heavy atom. The van der Waals surface area contributed by atoms with Crippen molar-refractivity contribution in [1.29, 1.82) is 0 Å². The van der Waals surface area contributed by atoms with Gasteiger partial charge in [0.1, 0.15) is 12.1 Å². The number of carbonyl (C=O) groups is 2. The maximum atomic E-state index is 12.6. The zero-order valence-corrected chi connectivity index (χ0v) is 12.6. The monoisotopic (exact) mass is 286 g/mol. The first-order valence-electron chi connectivity index (χ1n) is 7.76. The van der Waals surface area contributed by atoms with Gasteiger partial charge in [-0.1, -0.05) is 36.8 Å². The number of hydrogen-bond donors (Lipinski definition) is 1. The third kappa shape index (κ3) is 2.80. The van der Waals surface area contributed by atoms with Crippen LogP contribution >= 0.6 is 0 Å². The molecule has 0 spiro atoms. The Kier molecular flexibility index (Phi) is 3.70. The van der Waals surface area contributed by atoms with E-state index in [1.807, 2.05) is 32.0 Å². The van der Waals surface area contributed by atoms with Gasteiger partial charge in [0.25, 0.3) is 0 Å². The Balaban J connectivity index is 1.86. The van der Waals surface area contributed by atoms with E-state index >= 15 is 0 Å². The van der Waals surface area contributed by atoms with E-state index in [0.717, 1.165) is 18.4 Å². The predicted octanol–water partition coefficient (Wildman–Crippen LogP) is 2.01. The highest BCUT2D eigenvalue weighted by molar-refractivity contribution is 5.97. The standard InChI is InChI=1S/C17H22N2O2/c1-3-14-17(21)19(10-12-6-4-5-11(2)9-12)15(13-7-8-13)16(20)18-14/h4-6,9,13-15H,3,7-8,10H2,1-2H3,(H,18,20). The molecule has 0 bridgehead atoms. The molecule has 3 rings (SSSR count). The van der Waals surface area contributed by atoms with Crippen molar-refractivity contribution in [3.63, 3.8) is 0 Å². The van der Waals surface area contributed by atoms with Crippen molar-refractivity contribution < 1.29 is 9.59 Å². The highest BCUT2D eigenvalue weighted by Crippen LogP contribution is 2.37. The zero-order valence-electron chi connectivity index (χ0n) is 12.6. The Bertz CT molecular complexity index is 566. The minimum atomic E-state index is -0.364. The molecule has 112 valence electrons. The van der Waals surface area contributed by atoms with Crippen LogP contribution in [0.25, 0.3) is 0 Å². The minimum absolute atomic E-state index is 0.0246. The van der Waals surface area contributed by atoms with Gasteiger partial charge in [-0.2, -0.15) is 0 Å². The molecule has 2 unspecified atom stereocenters. The average Bonchev–Trinajstić information content (AvgIpc) is 3.27. The van der Waals surface area contributed by atoms with E-state index in [2.05, 4.69) is 11.4 Å². The quantitative estimate of drug-likeness (QED) is 0.920. The number of nitrogens with zero attached hydrogens (tertiary/aromatic N) is 1. The molecule has 4 nitrogen and oxygen atoms in total. The summed E-state index contributed by atoms with van der Waals surface area (Å²) in [6.07, 6.45) is 2.74. The number of benzene rings is 1. The van der Waals surface area contributed by atoms with E-state index in [1.165, 1.54) is 5.56 Å². The molecular weight excluding hydrogens is 264 g/mol.